The molecule has 0 atom stereocenters. The Morgan fingerprint density at radius 3 is 2.64 bits per heavy atom. The molecule has 2 heterocycles. The Hall–Kier alpha value is -3.01. The zero-order valence-corrected chi connectivity index (χ0v) is 14.9. The fraction of sp³-hybridized carbons (Fsp3) is 0.235. The number of tetrazole rings is 1. The highest BCUT2D eigenvalue weighted by Gasteiger charge is 2.38. The summed E-state index contributed by atoms with van der Waals surface area (Å²) in [5.74, 6) is -1.68. The van der Waals surface area contributed by atoms with E-state index in [0.29, 0.717) is 21.0 Å². The van der Waals surface area contributed by atoms with Crippen molar-refractivity contribution in [2.75, 3.05) is 0 Å². The summed E-state index contributed by atoms with van der Waals surface area (Å²) in [6, 6.07) is 7.58. The number of rotatable bonds is 4. The second-order valence-corrected chi connectivity index (χ2v) is 6.73. The number of carbonyl (C=O) groups is 1. The normalized spacial score (nSPS) is 14.1. The van der Waals surface area contributed by atoms with Gasteiger partial charge < -0.3 is 5.32 Å². The lowest BCUT2D eigenvalue weighted by atomic mass is 10.1. The molecule has 0 saturated heterocycles. The molecule has 7 nitrogen and oxygen atoms in total. The molecule has 0 spiro atoms. The first kappa shape index (κ1) is 18.4. The van der Waals surface area contributed by atoms with Crippen LogP contribution in [-0.4, -0.2) is 37.1 Å². The second kappa shape index (κ2) is 6.86. The molecule has 0 bridgehead atoms. The summed E-state index contributed by atoms with van der Waals surface area (Å²) in [6.45, 7) is 0. The molecule has 1 amide bonds. The SMILES string of the molecule is O=C(NC1CC1)c1cc(-c2ccc(Cl)cn2)cc(-n2nnnc2C(F)(F)F)c1. The monoisotopic (exact) mass is 408 g/mol. The Kier molecular flexibility index (Phi) is 4.50. The number of halogens is 4. The molecule has 2 aromatic heterocycles. The number of alkyl halides is 3. The van der Waals surface area contributed by atoms with Gasteiger partial charge in [-0.2, -0.15) is 17.9 Å². The lowest BCUT2D eigenvalue weighted by Crippen LogP contribution is -2.25. The number of nitrogens with zero attached hydrogens (tertiary/aromatic N) is 5. The van der Waals surface area contributed by atoms with Crippen molar-refractivity contribution in [3.63, 3.8) is 0 Å². The third kappa shape index (κ3) is 3.81. The van der Waals surface area contributed by atoms with Crippen LogP contribution in [0.3, 0.4) is 0 Å². The molecular formula is C17H12ClF3N6O. The summed E-state index contributed by atoms with van der Waals surface area (Å²) in [5.41, 5.74) is 1.04. The van der Waals surface area contributed by atoms with Gasteiger partial charge in [-0.25, -0.2) is 0 Å². The topological polar surface area (TPSA) is 85.6 Å². The largest absolute Gasteiger partial charge is 0.453 e. The fourth-order valence-corrected chi connectivity index (χ4v) is 2.70. The molecule has 0 aliphatic heterocycles. The molecule has 0 radical (unpaired) electrons. The minimum absolute atomic E-state index is 0.00692. The van der Waals surface area contributed by atoms with E-state index in [1.807, 2.05) is 0 Å². The second-order valence-electron chi connectivity index (χ2n) is 6.29. The van der Waals surface area contributed by atoms with Crippen LogP contribution in [0.5, 0.6) is 0 Å². The van der Waals surface area contributed by atoms with Gasteiger partial charge in [-0.1, -0.05) is 11.6 Å². The zero-order chi connectivity index (χ0) is 19.9. The summed E-state index contributed by atoms with van der Waals surface area (Å²) < 4.78 is 40.2. The van der Waals surface area contributed by atoms with E-state index in [1.165, 1.54) is 18.3 Å². The molecule has 1 aliphatic carbocycles. The maximum Gasteiger partial charge on any atom is 0.453 e. The number of amides is 1. The van der Waals surface area contributed by atoms with E-state index in [9.17, 15) is 18.0 Å². The molecule has 28 heavy (non-hydrogen) atoms. The third-order valence-electron chi connectivity index (χ3n) is 4.08. The predicted molar refractivity (Wildman–Crippen MR) is 92.9 cm³/mol. The summed E-state index contributed by atoms with van der Waals surface area (Å²) in [5, 5.41) is 12.8. The lowest BCUT2D eigenvalue weighted by Gasteiger charge is -2.12. The van der Waals surface area contributed by atoms with Crippen LogP contribution in [0.2, 0.25) is 5.02 Å². The molecule has 11 heteroatoms. The van der Waals surface area contributed by atoms with E-state index in [1.54, 1.807) is 18.2 Å². The Morgan fingerprint density at radius 1 is 1.21 bits per heavy atom. The summed E-state index contributed by atoms with van der Waals surface area (Å²) in [7, 11) is 0. The Morgan fingerprint density at radius 2 is 2.00 bits per heavy atom. The first-order valence-electron chi connectivity index (χ1n) is 8.25. The van der Waals surface area contributed by atoms with Crippen LogP contribution < -0.4 is 5.32 Å². The highest BCUT2D eigenvalue weighted by atomic mass is 35.5. The van der Waals surface area contributed by atoms with Crippen LogP contribution in [0.1, 0.15) is 29.0 Å². The average Bonchev–Trinajstić information content (AvgIpc) is 3.31. The van der Waals surface area contributed by atoms with Crippen LogP contribution in [0.25, 0.3) is 16.9 Å². The van der Waals surface area contributed by atoms with Crippen LogP contribution in [0, 0.1) is 0 Å². The number of carbonyl (C=O) groups excluding carboxylic acids is 1. The van der Waals surface area contributed by atoms with Gasteiger partial charge in [-0.15, -0.1) is 5.10 Å². The van der Waals surface area contributed by atoms with E-state index in [0.717, 1.165) is 12.8 Å². The van der Waals surface area contributed by atoms with Crippen molar-refractivity contribution < 1.29 is 18.0 Å². The van der Waals surface area contributed by atoms with E-state index in [2.05, 4.69) is 25.8 Å². The molecule has 1 aliphatic rings. The summed E-state index contributed by atoms with van der Waals surface area (Å²) in [4.78, 5) is 16.7. The Balaban J connectivity index is 1.83. The van der Waals surface area contributed by atoms with Crippen molar-refractivity contribution in [1.82, 2.24) is 30.5 Å². The molecule has 3 aromatic rings. The maximum absolute atomic E-state index is 13.2. The van der Waals surface area contributed by atoms with Crippen molar-refractivity contribution in [3.8, 4) is 16.9 Å². The number of pyridine rings is 1. The molecule has 0 unspecified atom stereocenters. The Bertz CT molecular complexity index is 1030. The molecule has 4 rings (SSSR count). The van der Waals surface area contributed by atoms with E-state index < -0.39 is 12.0 Å². The first-order chi connectivity index (χ1) is 13.3. The summed E-state index contributed by atoms with van der Waals surface area (Å²) in [6.07, 6.45) is -1.59. The minimum Gasteiger partial charge on any atom is -0.349 e. The first-order valence-corrected chi connectivity index (χ1v) is 8.63. The highest BCUT2D eigenvalue weighted by Crippen LogP contribution is 2.30. The van der Waals surface area contributed by atoms with Crippen LogP contribution in [-0.2, 0) is 6.18 Å². The van der Waals surface area contributed by atoms with Gasteiger partial charge in [0.2, 0.25) is 0 Å². The minimum atomic E-state index is -4.76. The lowest BCUT2D eigenvalue weighted by molar-refractivity contribution is -0.146. The molecule has 1 aromatic carbocycles. The number of aromatic nitrogens is 5. The summed E-state index contributed by atoms with van der Waals surface area (Å²) >= 11 is 5.85. The zero-order valence-electron chi connectivity index (χ0n) is 14.1. The van der Waals surface area contributed by atoms with Gasteiger partial charge in [0.25, 0.3) is 11.7 Å². The average molecular weight is 409 g/mol. The van der Waals surface area contributed by atoms with Crippen molar-refractivity contribution >= 4 is 17.5 Å². The van der Waals surface area contributed by atoms with E-state index >= 15 is 0 Å². The van der Waals surface area contributed by atoms with Crippen molar-refractivity contribution in [3.05, 3.63) is 52.9 Å². The molecular weight excluding hydrogens is 397 g/mol. The smallest absolute Gasteiger partial charge is 0.349 e. The number of hydrogen-bond acceptors (Lipinski definition) is 5. The predicted octanol–water partition coefficient (Wildman–Crippen LogP) is 3.29. The molecule has 1 saturated carbocycles. The van der Waals surface area contributed by atoms with Gasteiger partial charge >= 0.3 is 6.18 Å². The van der Waals surface area contributed by atoms with Gasteiger partial charge in [0, 0.05) is 23.4 Å². The Labute approximate surface area is 161 Å². The maximum atomic E-state index is 13.2. The number of nitrogens with one attached hydrogen (secondary N) is 1. The van der Waals surface area contributed by atoms with Crippen molar-refractivity contribution in [2.45, 2.75) is 25.1 Å². The number of benzene rings is 1. The van der Waals surface area contributed by atoms with Gasteiger partial charge in [-0.05, 0) is 53.6 Å². The fourth-order valence-electron chi connectivity index (χ4n) is 2.59. The van der Waals surface area contributed by atoms with E-state index in [4.69, 9.17) is 11.6 Å². The number of hydrogen-bond donors (Lipinski definition) is 1. The van der Waals surface area contributed by atoms with Gasteiger partial charge in [-0.3, -0.25) is 9.78 Å². The van der Waals surface area contributed by atoms with Gasteiger partial charge in [0.15, 0.2) is 0 Å². The molecule has 144 valence electrons. The molecule has 1 N–H and O–H groups in total. The molecule has 1 fully saturated rings. The van der Waals surface area contributed by atoms with Crippen LogP contribution in [0.15, 0.2) is 36.5 Å². The van der Waals surface area contributed by atoms with Crippen LogP contribution >= 0.6 is 11.6 Å². The van der Waals surface area contributed by atoms with Crippen LogP contribution in [0.4, 0.5) is 13.2 Å². The standard InChI is InChI=1S/C17H12ClF3N6O/c18-11-1-4-14(22-8-11)9-5-10(15(28)23-12-2-3-12)7-13(6-9)27-16(17(19,20)21)24-25-26-27/h1,4-8,12H,2-3H2,(H,23,28). The third-order valence-corrected chi connectivity index (χ3v) is 4.31. The van der Waals surface area contributed by atoms with Gasteiger partial charge in [0.1, 0.15) is 0 Å². The van der Waals surface area contributed by atoms with Crippen molar-refractivity contribution in [2.24, 2.45) is 0 Å². The highest BCUT2D eigenvalue weighted by molar-refractivity contribution is 6.30. The quantitative estimate of drug-likeness (QED) is 0.716. The van der Waals surface area contributed by atoms with Gasteiger partial charge in [0.05, 0.1) is 16.4 Å². The van der Waals surface area contributed by atoms with E-state index in [-0.39, 0.29) is 23.2 Å². The van der Waals surface area contributed by atoms with Crippen molar-refractivity contribution in [1.29, 1.82) is 0 Å².